The summed E-state index contributed by atoms with van der Waals surface area (Å²) in [6.45, 7) is 1.39. The molecule has 1 saturated heterocycles. The first-order valence-corrected chi connectivity index (χ1v) is 11.7. The molecule has 1 aliphatic heterocycles. The van der Waals surface area contributed by atoms with E-state index >= 15 is 0 Å². The first kappa shape index (κ1) is 20.3. The van der Waals surface area contributed by atoms with Crippen molar-refractivity contribution in [3.05, 3.63) is 38.9 Å². The number of hydrogen-bond acceptors (Lipinski definition) is 6. The minimum absolute atomic E-state index is 0.0994. The minimum atomic E-state index is -3.57. The number of carbonyl (C=O) groups excluding carboxylic acids is 2. The first-order valence-electron chi connectivity index (χ1n) is 8.23. The second-order valence-corrected chi connectivity index (χ2v) is 10.7. The number of carbonyl (C=O) groups is 2. The summed E-state index contributed by atoms with van der Waals surface area (Å²) < 4.78 is 27.1. The van der Waals surface area contributed by atoms with Gasteiger partial charge in [-0.05, 0) is 23.6 Å². The highest BCUT2D eigenvalue weighted by molar-refractivity contribution is 7.91. The lowest BCUT2D eigenvalue weighted by atomic mass is 10.3. The van der Waals surface area contributed by atoms with E-state index in [0.29, 0.717) is 22.3 Å². The Hall–Kier alpha value is -1.46. The van der Waals surface area contributed by atoms with E-state index < -0.39 is 10.0 Å². The molecule has 2 aromatic heterocycles. The van der Waals surface area contributed by atoms with Crippen LogP contribution in [0.4, 0.5) is 0 Å². The number of halogens is 1. The molecule has 1 N–H and O–H groups in total. The van der Waals surface area contributed by atoms with Gasteiger partial charge in [0.25, 0.3) is 15.9 Å². The average molecular weight is 448 g/mol. The maximum Gasteiger partial charge on any atom is 0.261 e. The molecule has 0 saturated carbocycles. The minimum Gasteiger partial charge on any atom is -0.351 e. The molecule has 7 nitrogen and oxygen atoms in total. The highest BCUT2D eigenvalue weighted by atomic mass is 35.5. The number of nitrogens with one attached hydrogen (secondary N) is 1. The Bertz CT molecular complexity index is 903. The molecular formula is C16H18ClN3O4S3. The fraction of sp³-hybridized carbons (Fsp3) is 0.375. The van der Waals surface area contributed by atoms with Gasteiger partial charge in [0.2, 0.25) is 5.91 Å². The lowest BCUT2D eigenvalue weighted by Gasteiger charge is -2.33. The van der Waals surface area contributed by atoms with Gasteiger partial charge in [-0.3, -0.25) is 9.59 Å². The number of rotatable bonds is 6. The van der Waals surface area contributed by atoms with Crippen LogP contribution >= 0.6 is 34.3 Å². The van der Waals surface area contributed by atoms with Crippen LogP contribution in [-0.2, 0) is 14.8 Å². The predicted octanol–water partition coefficient (Wildman–Crippen LogP) is 2.12. The van der Waals surface area contributed by atoms with Crippen LogP contribution in [0.15, 0.2) is 33.9 Å². The maximum absolute atomic E-state index is 12.6. The summed E-state index contributed by atoms with van der Waals surface area (Å²) in [5.74, 6) is -0.291. The Balaban J connectivity index is 1.46. The fourth-order valence-corrected chi connectivity index (χ4v) is 6.38. The van der Waals surface area contributed by atoms with E-state index in [1.165, 1.54) is 21.7 Å². The summed E-state index contributed by atoms with van der Waals surface area (Å²) >= 11 is 8.19. The number of nitrogens with zero attached hydrogens (tertiary/aromatic N) is 2. The van der Waals surface area contributed by atoms with Crippen molar-refractivity contribution in [3.8, 4) is 0 Å². The Morgan fingerprint density at radius 2 is 1.89 bits per heavy atom. The molecule has 3 rings (SSSR count). The van der Waals surface area contributed by atoms with Gasteiger partial charge in [0.15, 0.2) is 0 Å². The van der Waals surface area contributed by atoms with Crippen molar-refractivity contribution in [2.45, 2.75) is 10.6 Å². The third-order valence-electron chi connectivity index (χ3n) is 4.10. The van der Waals surface area contributed by atoms with Gasteiger partial charge in [-0.15, -0.1) is 22.7 Å². The highest BCUT2D eigenvalue weighted by Gasteiger charge is 2.31. The molecule has 146 valence electrons. The van der Waals surface area contributed by atoms with Crippen molar-refractivity contribution in [2.24, 2.45) is 0 Å². The molecule has 0 bridgehead atoms. The van der Waals surface area contributed by atoms with Crippen LogP contribution in [0.5, 0.6) is 0 Å². The van der Waals surface area contributed by atoms with Crippen molar-refractivity contribution in [3.63, 3.8) is 0 Å². The standard InChI is InChI=1S/C16H18ClN3O4S3/c17-13-3-4-15(26-13)27(23,24)20-9-7-19(8-10-20)14(21)5-6-18-16(22)12-2-1-11-25-12/h1-4,11H,5-10H2,(H,18,22). The summed E-state index contributed by atoms with van der Waals surface area (Å²) in [7, 11) is -3.57. The van der Waals surface area contributed by atoms with Crippen LogP contribution in [-0.4, -0.2) is 62.2 Å². The Morgan fingerprint density at radius 1 is 1.15 bits per heavy atom. The lowest BCUT2D eigenvalue weighted by Crippen LogP contribution is -2.50. The van der Waals surface area contributed by atoms with E-state index in [-0.39, 0.29) is 42.1 Å². The zero-order valence-corrected chi connectivity index (χ0v) is 17.5. The molecule has 1 aliphatic rings. The Morgan fingerprint density at radius 3 is 2.48 bits per heavy atom. The zero-order valence-electron chi connectivity index (χ0n) is 14.3. The molecule has 2 aromatic rings. The molecule has 0 aromatic carbocycles. The van der Waals surface area contributed by atoms with Gasteiger partial charge in [-0.1, -0.05) is 17.7 Å². The van der Waals surface area contributed by atoms with Crippen LogP contribution in [0.25, 0.3) is 0 Å². The quantitative estimate of drug-likeness (QED) is 0.734. The van der Waals surface area contributed by atoms with Gasteiger partial charge in [0.05, 0.1) is 9.21 Å². The molecule has 1 fully saturated rings. The number of hydrogen-bond donors (Lipinski definition) is 1. The third kappa shape index (κ3) is 4.88. The third-order valence-corrected chi connectivity index (χ3v) is 8.57. The van der Waals surface area contributed by atoms with Crippen LogP contribution in [0, 0.1) is 0 Å². The van der Waals surface area contributed by atoms with E-state index in [1.54, 1.807) is 23.1 Å². The largest absolute Gasteiger partial charge is 0.351 e. The SMILES string of the molecule is O=C(NCCC(=O)N1CCN(S(=O)(=O)c2ccc(Cl)s2)CC1)c1cccs1. The lowest BCUT2D eigenvalue weighted by molar-refractivity contribution is -0.132. The Labute approximate surface area is 170 Å². The molecule has 0 spiro atoms. The molecule has 3 heterocycles. The Kier molecular flexibility index (Phi) is 6.53. The number of piperazine rings is 1. The molecule has 11 heteroatoms. The van der Waals surface area contributed by atoms with Crippen LogP contribution < -0.4 is 5.32 Å². The van der Waals surface area contributed by atoms with Crippen LogP contribution in [0.1, 0.15) is 16.1 Å². The highest BCUT2D eigenvalue weighted by Crippen LogP contribution is 2.28. The van der Waals surface area contributed by atoms with Gasteiger partial charge in [0.1, 0.15) is 4.21 Å². The van der Waals surface area contributed by atoms with Gasteiger partial charge < -0.3 is 10.2 Å². The molecule has 2 amide bonds. The summed E-state index contributed by atoms with van der Waals surface area (Å²) in [6, 6.07) is 6.57. The van der Waals surface area contributed by atoms with E-state index in [2.05, 4.69) is 5.32 Å². The number of thiophene rings is 2. The second-order valence-electron chi connectivity index (χ2n) is 5.83. The van der Waals surface area contributed by atoms with Gasteiger partial charge in [-0.2, -0.15) is 4.31 Å². The van der Waals surface area contributed by atoms with Gasteiger partial charge in [0, 0.05) is 39.1 Å². The topological polar surface area (TPSA) is 86.8 Å². The summed E-state index contributed by atoms with van der Waals surface area (Å²) in [6.07, 6.45) is 0.185. The van der Waals surface area contributed by atoms with Crippen LogP contribution in [0.3, 0.4) is 0 Å². The van der Waals surface area contributed by atoms with E-state index in [4.69, 9.17) is 11.6 Å². The van der Waals surface area contributed by atoms with Gasteiger partial charge >= 0.3 is 0 Å². The van der Waals surface area contributed by atoms with E-state index in [1.807, 2.05) is 5.38 Å². The molecule has 0 unspecified atom stereocenters. The van der Waals surface area contributed by atoms with Crippen molar-refractivity contribution in [1.82, 2.24) is 14.5 Å². The van der Waals surface area contributed by atoms with E-state index in [0.717, 1.165) is 11.3 Å². The zero-order chi connectivity index (χ0) is 19.4. The average Bonchev–Trinajstić information content (AvgIpc) is 3.33. The monoisotopic (exact) mass is 447 g/mol. The molecular weight excluding hydrogens is 430 g/mol. The molecule has 0 atom stereocenters. The molecule has 0 aliphatic carbocycles. The van der Waals surface area contributed by atoms with E-state index in [9.17, 15) is 18.0 Å². The fourth-order valence-electron chi connectivity index (χ4n) is 2.68. The van der Waals surface area contributed by atoms with Gasteiger partial charge in [-0.25, -0.2) is 8.42 Å². The predicted molar refractivity (Wildman–Crippen MR) is 106 cm³/mol. The van der Waals surface area contributed by atoms with Crippen LogP contribution in [0.2, 0.25) is 4.34 Å². The first-order chi connectivity index (χ1) is 12.9. The number of amides is 2. The second kappa shape index (κ2) is 8.70. The number of sulfonamides is 1. The van der Waals surface area contributed by atoms with Crippen molar-refractivity contribution < 1.29 is 18.0 Å². The summed E-state index contributed by atoms with van der Waals surface area (Å²) in [5, 5.41) is 4.54. The maximum atomic E-state index is 12.6. The molecule has 0 radical (unpaired) electrons. The summed E-state index contributed by atoms with van der Waals surface area (Å²) in [5.41, 5.74) is 0. The smallest absolute Gasteiger partial charge is 0.261 e. The van der Waals surface area contributed by atoms with Crippen molar-refractivity contribution in [1.29, 1.82) is 0 Å². The molecule has 27 heavy (non-hydrogen) atoms. The van der Waals surface area contributed by atoms with Crippen molar-refractivity contribution >= 4 is 56.1 Å². The normalized spacial score (nSPS) is 15.7. The van der Waals surface area contributed by atoms with Crippen molar-refractivity contribution in [2.75, 3.05) is 32.7 Å². The summed E-state index contributed by atoms with van der Waals surface area (Å²) in [4.78, 5) is 26.4.